The number of likely N-dealkylation sites (tertiary alicyclic amines) is 1. The van der Waals surface area contributed by atoms with E-state index in [1.54, 1.807) is 16.7 Å². The molecular weight excluding hydrogens is 515 g/mol. The first-order valence-corrected chi connectivity index (χ1v) is 12.8. The van der Waals surface area contributed by atoms with Crippen molar-refractivity contribution in [3.8, 4) is 0 Å². The molecule has 200 valence electrons. The van der Waals surface area contributed by atoms with E-state index in [2.05, 4.69) is 10.6 Å². The molecule has 0 bridgehead atoms. The Morgan fingerprint density at radius 3 is 2.31 bits per heavy atom. The maximum atomic E-state index is 14.5. The second kappa shape index (κ2) is 9.60. The number of aryl methyl sites for hydroxylation is 1. The number of fused-ring (bicyclic) bond motifs is 3. The lowest BCUT2D eigenvalue weighted by molar-refractivity contribution is -0.348. The first-order chi connectivity index (χ1) is 16.7. The van der Waals surface area contributed by atoms with Crippen molar-refractivity contribution in [3.63, 3.8) is 0 Å². The molecule has 1 aliphatic carbocycles. The number of carbonyl (C=O) groups is 2. The van der Waals surface area contributed by atoms with Crippen molar-refractivity contribution in [1.29, 1.82) is 0 Å². The van der Waals surface area contributed by atoms with Gasteiger partial charge in [-0.05, 0) is 42.6 Å². The van der Waals surface area contributed by atoms with Crippen molar-refractivity contribution >= 4 is 23.7 Å². The third-order valence-electron chi connectivity index (χ3n) is 7.29. The highest BCUT2D eigenvalue weighted by Crippen LogP contribution is 2.54. The molecule has 3 unspecified atom stereocenters. The molecular formula is C23H26F7N3O2S. The number of urea groups is 1. The van der Waals surface area contributed by atoms with E-state index in [1.807, 2.05) is 0 Å². The first kappa shape index (κ1) is 26.9. The molecule has 1 aromatic carbocycles. The van der Waals surface area contributed by atoms with Gasteiger partial charge in [-0.15, -0.1) is 0 Å². The summed E-state index contributed by atoms with van der Waals surface area (Å²) in [5, 5.41) is 5.85. The number of rotatable bonds is 3. The number of amides is 3. The van der Waals surface area contributed by atoms with Crippen LogP contribution in [0, 0.1) is 0 Å². The third kappa shape index (κ3) is 4.74. The smallest absolute Gasteiger partial charge is 0.351 e. The number of benzene rings is 1. The molecule has 36 heavy (non-hydrogen) atoms. The Morgan fingerprint density at radius 2 is 1.67 bits per heavy atom. The number of thioether (sulfide) groups is 1. The second-order valence-electron chi connectivity index (χ2n) is 9.49. The van der Waals surface area contributed by atoms with Crippen LogP contribution in [0.25, 0.3) is 0 Å². The van der Waals surface area contributed by atoms with E-state index in [9.17, 15) is 40.3 Å². The van der Waals surface area contributed by atoms with Gasteiger partial charge in [0.05, 0.1) is 12.1 Å². The maximum Gasteiger partial charge on any atom is 0.435 e. The zero-order valence-electron chi connectivity index (χ0n) is 19.3. The van der Waals surface area contributed by atoms with Gasteiger partial charge in [0.25, 0.3) is 0 Å². The zero-order valence-corrected chi connectivity index (χ0v) is 20.1. The van der Waals surface area contributed by atoms with Crippen LogP contribution in [0.3, 0.4) is 0 Å². The molecule has 1 aromatic rings. The van der Waals surface area contributed by atoms with Gasteiger partial charge >= 0.3 is 24.1 Å². The molecule has 3 aliphatic rings. The molecule has 3 amide bonds. The fourth-order valence-electron chi connectivity index (χ4n) is 5.57. The molecule has 2 N–H and O–H groups in total. The lowest BCUT2D eigenvalue weighted by atomic mass is 9.77. The second-order valence-corrected chi connectivity index (χ2v) is 10.6. The van der Waals surface area contributed by atoms with Crippen LogP contribution in [0.1, 0.15) is 48.8 Å². The Balaban J connectivity index is 1.52. The van der Waals surface area contributed by atoms with Crippen LogP contribution in [0.2, 0.25) is 0 Å². The fraction of sp³-hybridized carbons (Fsp3) is 0.652. The fourth-order valence-corrected chi connectivity index (χ4v) is 6.73. The molecule has 2 fully saturated rings. The molecule has 0 aromatic heterocycles. The molecule has 5 nitrogen and oxygen atoms in total. The molecule has 0 radical (unpaired) electrons. The van der Waals surface area contributed by atoms with Crippen molar-refractivity contribution in [2.24, 2.45) is 0 Å². The summed E-state index contributed by atoms with van der Waals surface area (Å²) < 4.78 is 93.7. The van der Waals surface area contributed by atoms with Crippen LogP contribution in [0.15, 0.2) is 18.2 Å². The first-order valence-electron chi connectivity index (χ1n) is 11.6. The van der Waals surface area contributed by atoms with Crippen LogP contribution in [-0.2, 0) is 16.9 Å². The normalized spacial score (nSPS) is 26.7. The van der Waals surface area contributed by atoms with Crippen LogP contribution in [0.4, 0.5) is 35.5 Å². The van der Waals surface area contributed by atoms with Gasteiger partial charge < -0.3 is 15.5 Å². The zero-order chi connectivity index (χ0) is 26.5. The summed E-state index contributed by atoms with van der Waals surface area (Å²) >= 11 is 1.68. The average Bonchev–Trinajstić information content (AvgIpc) is 3.22. The summed E-state index contributed by atoms with van der Waals surface area (Å²) in [6.45, 7) is 1.78. The van der Waals surface area contributed by atoms with E-state index in [1.165, 1.54) is 6.92 Å². The van der Waals surface area contributed by atoms with Crippen LogP contribution in [-0.4, -0.2) is 65.4 Å². The van der Waals surface area contributed by atoms with Gasteiger partial charge in [0.2, 0.25) is 5.91 Å². The van der Waals surface area contributed by atoms with E-state index in [-0.39, 0.29) is 48.0 Å². The van der Waals surface area contributed by atoms with Crippen LogP contribution in [0.5, 0.6) is 0 Å². The predicted octanol–water partition coefficient (Wildman–Crippen LogP) is 4.80. The Morgan fingerprint density at radius 1 is 0.972 bits per heavy atom. The molecule has 2 saturated heterocycles. The maximum absolute atomic E-state index is 14.5. The number of hydrogen-bond donors (Lipinski definition) is 2. The van der Waals surface area contributed by atoms with Gasteiger partial charge in [-0.2, -0.15) is 38.1 Å². The van der Waals surface area contributed by atoms with Crippen molar-refractivity contribution < 1.29 is 40.3 Å². The summed E-state index contributed by atoms with van der Waals surface area (Å²) in [5.74, 6) is 1.03. The average molecular weight is 542 g/mol. The van der Waals surface area contributed by atoms with Crippen LogP contribution >= 0.6 is 11.8 Å². The molecule has 4 atom stereocenters. The third-order valence-corrected chi connectivity index (χ3v) is 8.41. The van der Waals surface area contributed by atoms with Gasteiger partial charge in [-0.25, -0.2) is 9.18 Å². The highest BCUT2D eigenvalue weighted by atomic mass is 32.2. The Kier molecular flexibility index (Phi) is 7.17. The lowest BCUT2D eigenvalue weighted by Gasteiger charge is -2.37. The predicted molar refractivity (Wildman–Crippen MR) is 119 cm³/mol. The topological polar surface area (TPSA) is 61.4 Å². The number of carbonyl (C=O) groups excluding carboxylic acids is 2. The SMILES string of the molecule is CC(=O)NC1CSCCC1NC(=O)N1CC[C@H]2c3ccc(C(F)(C(F)(F)F)C(F)(F)F)cc3CCC21. The Labute approximate surface area is 207 Å². The number of hydrogen-bond acceptors (Lipinski definition) is 3. The van der Waals surface area contributed by atoms with E-state index in [0.717, 1.165) is 11.8 Å². The van der Waals surface area contributed by atoms with Crippen molar-refractivity contribution in [1.82, 2.24) is 15.5 Å². The largest absolute Gasteiger partial charge is 0.435 e. The summed E-state index contributed by atoms with van der Waals surface area (Å²) in [6.07, 6.45) is -10.7. The quantitative estimate of drug-likeness (QED) is 0.541. The number of halogens is 7. The van der Waals surface area contributed by atoms with Crippen molar-refractivity contribution in [2.45, 2.75) is 74.7 Å². The summed E-state index contributed by atoms with van der Waals surface area (Å²) in [7, 11) is 0. The molecule has 0 spiro atoms. The Hall–Kier alpha value is -2.18. The highest BCUT2D eigenvalue weighted by Gasteiger charge is 2.73. The number of nitrogens with one attached hydrogen (secondary N) is 2. The van der Waals surface area contributed by atoms with E-state index in [0.29, 0.717) is 49.3 Å². The molecule has 2 heterocycles. The number of nitrogens with zero attached hydrogens (tertiary/aromatic N) is 1. The summed E-state index contributed by atoms with van der Waals surface area (Å²) in [5.41, 5.74) is -6.16. The highest BCUT2D eigenvalue weighted by molar-refractivity contribution is 7.99. The van der Waals surface area contributed by atoms with Gasteiger partial charge in [0, 0.05) is 36.7 Å². The minimum absolute atomic E-state index is 0.120. The van der Waals surface area contributed by atoms with Gasteiger partial charge in [-0.1, -0.05) is 18.2 Å². The number of alkyl halides is 7. The van der Waals surface area contributed by atoms with E-state index >= 15 is 0 Å². The Bertz CT molecular complexity index is 1000. The molecule has 0 saturated carbocycles. The standard InChI is InChI=1S/C23H26F7N3O2S/c1-12(34)31-18-11-36-9-7-17(18)32-20(35)33-8-6-16-15-4-3-14(10-13(15)2-5-19(16)33)21(24,22(25,26)27)23(28,29)30/h3-4,10,16-19H,2,5-9,11H2,1H3,(H,31,34)(H,32,35)/t16-,17?,18?,19?/m0/s1. The molecule has 4 rings (SSSR count). The van der Waals surface area contributed by atoms with Crippen LogP contribution < -0.4 is 10.6 Å². The monoisotopic (exact) mass is 541 g/mol. The molecule has 2 aliphatic heterocycles. The lowest BCUT2D eigenvalue weighted by Crippen LogP contribution is -2.57. The van der Waals surface area contributed by atoms with E-state index in [4.69, 9.17) is 0 Å². The van der Waals surface area contributed by atoms with Gasteiger partial charge in [0.15, 0.2) is 0 Å². The minimum Gasteiger partial charge on any atom is -0.351 e. The summed E-state index contributed by atoms with van der Waals surface area (Å²) in [6, 6.07) is 1.32. The van der Waals surface area contributed by atoms with Gasteiger partial charge in [-0.3, -0.25) is 4.79 Å². The molecule has 13 heteroatoms. The van der Waals surface area contributed by atoms with E-state index < -0.39 is 23.6 Å². The van der Waals surface area contributed by atoms with Gasteiger partial charge in [0.1, 0.15) is 0 Å². The minimum atomic E-state index is -6.16. The van der Waals surface area contributed by atoms with Crippen molar-refractivity contribution in [3.05, 3.63) is 34.9 Å². The summed E-state index contributed by atoms with van der Waals surface area (Å²) in [4.78, 5) is 26.3. The van der Waals surface area contributed by atoms with Crippen molar-refractivity contribution in [2.75, 3.05) is 18.1 Å².